The lowest BCUT2D eigenvalue weighted by atomic mass is 9.74. The Morgan fingerprint density at radius 2 is 2.00 bits per heavy atom. The van der Waals surface area contributed by atoms with Crippen molar-refractivity contribution in [2.75, 3.05) is 19.8 Å². The number of para-hydroxylation sites is 2. The molecule has 0 atom stereocenters. The monoisotopic (exact) mass is 465 g/mol. The van der Waals surface area contributed by atoms with Crippen LogP contribution in [0, 0.1) is 0 Å². The van der Waals surface area contributed by atoms with E-state index >= 15 is 0 Å². The summed E-state index contributed by atoms with van der Waals surface area (Å²) in [5, 5.41) is 3.79. The Labute approximate surface area is 188 Å². The minimum absolute atomic E-state index is 0.0856. The second kappa shape index (κ2) is 9.54. The first-order valence-electron chi connectivity index (χ1n) is 9.97. The van der Waals surface area contributed by atoms with Gasteiger partial charge in [0.1, 0.15) is 6.54 Å². The van der Waals surface area contributed by atoms with E-state index in [2.05, 4.69) is 10.3 Å². The van der Waals surface area contributed by atoms with Gasteiger partial charge in [-0.05, 0) is 54.4 Å². The minimum atomic E-state index is -2.62. The van der Waals surface area contributed by atoms with E-state index in [4.69, 9.17) is 16.3 Å². The van der Waals surface area contributed by atoms with Gasteiger partial charge in [0.05, 0.1) is 11.0 Å². The van der Waals surface area contributed by atoms with Crippen LogP contribution in [0.2, 0.25) is 5.02 Å². The number of benzene rings is 2. The van der Waals surface area contributed by atoms with Crippen molar-refractivity contribution in [2.45, 2.75) is 35.7 Å². The number of hydrogen-bond donors (Lipinski definition) is 1. The van der Waals surface area contributed by atoms with E-state index in [-0.39, 0.29) is 23.0 Å². The van der Waals surface area contributed by atoms with Crippen molar-refractivity contribution in [3.8, 4) is 0 Å². The second-order valence-corrected chi connectivity index (χ2v) is 8.92. The van der Waals surface area contributed by atoms with Gasteiger partial charge in [0.25, 0.3) is 5.76 Å². The number of rotatable bonds is 7. The molecule has 1 aliphatic heterocycles. The average Bonchev–Trinajstić information content (AvgIpc) is 3.09. The summed E-state index contributed by atoms with van der Waals surface area (Å²) < 4.78 is 33.1. The molecule has 0 aliphatic carbocycles. The number of aromatic nitrogens is 2. The molecule has 2 aromatic carbocycles. The molecule has 2 heterocycles. The molecule has 3 aromatic rings. The maximum absolute atomic E-state index is 13.0. The van der Waals surface area contributed by atoms with Crippen molar-refractivity contribution in [3.63, 3.8) is 0 Å². The highest BCUT2D eigenvalue weighted by atomic mass is 35.5. The number of fused-ring (bicyclic) bond motifs is 1. The third-order valence-corrected chi connectivity index (χ3v) is 6.56. The molecule has 0 spiro atoms. The number of halogens is 3. The molecule has 0 bridgehead atoms. The van der Waals surface area contributed by atoms with Crippen molar-refractivity contribution >= 4 is 40.3 Å². The molecule has 1 fully saturated rings. The Bertz CT molecular complexity index is 1070. The van der Waals surface area contributed by atoms with Crippen molar-refractivity contribution in [3.05, 3.63) is 59.1 Å². The van der Waals surface area contributed by atoms with Crippen molar-refractivity contribution < 1.29 is 18.3 Å². The van der Waals surface area contributed by atoms with Gasteiger partial charge in [-0.3, -0.25) is 4.79 Å². The van der Waals surface area contributed by atoms with E-state index < -0.39 is 5.76 Å². The number of hydrogen-bond acceptors (Lipinski definition) is 4. The standard InChI is InChI=1S/C22H22ClF2N3O2S/c23-16-5-3-4-15(12-16)22(8-10-30-11-9-22)14-26-19(29)13-28-18-7-2-1-6-17(18)27-21(28)31-20(24)25/h1-7,12,20H,8-11,13-14H2,(H,26,29). The minimum Gasteiger partial charge on any atom is -0.381 e. The quantitative estimate of drug-likeness (QED) is 0.506. The molecule has 31 heavy (non-hydrogen) atoms. The van der Waals surface area contributed by atoms with E-state index in [1.807, 2.05) is 24.3 Å². The summed E-state index contributed by atoms with van der Waals surface area (Å²) >= 11 is 6.55. The molecular formula is C22H22ClF2N3O2S. The van der Waals surface area contributed by atoms with Crippen LogP contribution in [0.1, 0.15) is 18.4 Å². The predicted octanol–water partition coefficient (Wildman–Crippen LogP) is 4.87. The van der Waals surface area contributed by atoms with E-state index in [9.17, 15) is 13.6 Å². The normalized spacial score (nSPS) is 16.0. The van der Waals surface area contributed by atoms with Crippen molar-refractivity contribution in [2.24, 2.45) is 0 Å². The molecule has 164 valence electrons. The zero-order valence-electron chi connectivity index (χ0n) is 16.7. The zero-order valence-corrected chi connectivity index (χ0v) is 18.3. The van der Waals surface area contributed by atoms with E-state index in [0.29, 0.717) is 47.6 Å². The highest BCUT2D eigenvalue weighted by Crippen LogP contribution is 2.35. The second-order valence-electron chi connectivity index (χ2n) is 7.53. The molecule has 4 rings (SSSR count). The maximum Gasteiger partial charge on any atom is 0.291 e. The number of carbonyl (C=O) groups excluding carboxylic acids is 1. The lowest BCUT2D eigenvalue weighted by molar-refractivity contribution is -0.122. The molecule has 1 amide bonds. The van der Waals surface area contributed by atoms with Crippen LogP contribution in [0.25, 0.3) is 11.0 Å². The topological polar surface area (TPSA) is 56.2 Å². The predicted molar refractivity (Wildman–Crippen MR) is 118 cm³/mol. The van der Waals surface area contributed by atoms with Crippen molar-refractivity contribution in [1.29, 1.82) is 0 Å². The third kappa shape index (κ3) is 5.02. The van der Waals surface area contributed by atoms with Crippen LogP contribution in [-0.4, -0.2) is 41.0 Å². The van der Waals surface area contributed by atoms with Crippen LogP contribution in [-0.2, 0) is 21.5 Å². The number of amides is 1. The summed E-state index contributed by atoms with van der Waals surface area (Å²) in [6.45, 7) is 1.53. The summed E-state index contributed by atoms with van der Waals surface area (Å²) in [5.74, 6) is -2.88. The first-order chi connectivity index (χ1) is 15.0. The summed E-state index contributed by atoms with van der Waals surface area (Å²) in [5.41, 5.74) is 2.01. The van der Waals surface area contributed by atoms with Crippen LogP contribution in [0.15, 0.2) is 53.7 Å². The zero-order chi connectivity index (χ0) is 21.8. The van der Waals surface area contributed by atoms with Gasteiger partial charge in [0.15, 0.2) is 5.16 Å². The number of ether oxygens (including phenoxy) is 1. The first-order valence-corrected chi connectivity index (χ1v) is 11.2. The Morgan fingerprint density at radius 1 is 1.23 bits per heavy atom. The highest BCUT2D eigenvalue weighted by Gasteiger charge is 2.35. The fourth-order valence-corrected chi connectivity index (χ4v) is 4.78. The number of alkyl halides is 2. The van der Waals surface area contributed by atoms with Crippen LogP contribution >= 0.6 is 23.4 Å². The van der Waals surface area contributed by atoms with Gasteiger partial charge in [-0.25, -0.2) is 4.98 Å². The van der Waals surface area contributed by atoms with Crippen LogP contribution in [0.4, 0.5) is 8.78 Å². The molecule has 1 N–H and O–H groups in total. The van der Waals surface area contributed by atoms with Crippen LogP contribution < -0.4 is 5.32 Å². The number of nitrogens with one attached hydrogen (secondary N) is 1. The van der Waals surface area contributed by atoms with E-state index in [1.54, 1.807) is 24.3 Å². The van der Waals surface area contributed by atoms with Gasteiger partial charge in [-0.15, -0.1) is 0 Å². The van der Waals surface area contributed by atoms with Gasteiger partial charge in [-0.2, -0.15) is 8.78 Å². The largest absolute Gasteiger partial charge is 0.381 e. The van der Waals surface area contributed by atoms with Crippen LogP contribution in [0.5, 0.6) is 0 Å². The first kappa shape index (κ1) is 22.0. The Hall–Kier alpha value is -2.16. The summed E-state index contributed by atoms with van der Waals surface area (Å²) in [6, 6.07) is 14.8. The summed E-state index contributed by atoms with van der Waals surface area (Å²) in [6.07, 6.45) is 1.52. The van der Waals surface area contributed by atoms with E-state index in [1.165, 1.54) is 4.57 Å². The fourth-order valence-electron chi connectivity index (χ4n) is 3.99. The number of imidazole rings is 1. The van der Waals surface area contributed by atoms with Gasteiger partial charge in [0, 0.05) is 30.2 Å². The van der Waals surface area contributed by atoms with Gasteiger partial charge in [-0.1, -0.05) is 35.9 Å². The fraction of sp³-hybridized carbons (Fsp3) is 0.364. The number of nitrogens with zero attached hydrogens (tertiary/aromatic N) is 2. The van der Waals surface area contributed by atoms with Crippen molar-refractivity contribution in [1.82, 2.24) is 14.9 Å². The highest BCUT2D eigenvalue weighted by molar-refractivity contribution is 7.99. The third-order valence-electron chi connectivity index (χ3n) is 5.63. The van der Waals surface area contributed by atoms with E-state index in [0.717, 1.165) is 18.4 Å². The molecule has 0 unspecified atom stereocenters. The molecule has 1 saturated heterocycles. The smallest absolute Gasteiger partial charge is 0.291 e. The van der Waals surface area contributed by atoms with Gasteiger partial charge in [0.2, 0.25) is 5.91 Å². The maximum atomic E-state index is 13.0. The lowest BCUT2D eigenvalue weighted by Crippen LogP contribution is -2.45. The molecular weight excluding hydrogens is 444 g/mol. The molecule has 5 nitrogen and oxygen atoms in total. The molecule has 0 radical (unpaired) electrons. The number of carbonyl (C=O) groups is 1. The summed E-state index contributed by atoms with van der Waals surface area (Å²) in [7, 11) is 0. The molecule has 0 saturated carbocycles. The van der Waals surface area contributed by atoms with Gasteiger partial charge < -0.3 is 14.6 Å². The Kier molecular flexibility index (Phi) is 6.79. The lowest BCUT2D eigenvalue weighted by Gasteiger charge is -2.38. The van der Waals surface area contributed by atoms with Gasteiger partial charge >= 0.3 is 0 Å². The molecule has 1 aromatic heterocycles. The summed E-state index contributed by atoms with van der Waals surface area (Å²) in [4.78, 5) is 17.1. The molecule has 9 heteroatoms. The average molecular weight is 466 g/mol. The molecule has 1 aliphatic rings. The Morgan fingerprint density at radius 3 is 2.74 bits per heavy atom. The Balaban J connectivity index is 1.53. The number of thioether (sulfide) groups is 1. The van der Waals surface area contributed by atoms with Crippen LogP contribution in [0.3, 0.4) is 0 Å². The SMILES string of the molecule is O=C(Cn1c(SC(F)F)nc2ccccc21)NCC1(c2cccc(Cl)c2)CCOCC1.